The first kappa shape index (κ1) is 51.0. The molecule has 5 fully saturated rings. The van der Waals surface area contributed by atoms with E-state index in [2.05, 4.69) is 10.6 Å². The highest BCUT2D eigenvalue weighted by Crippen LogP contribution is 2.35. The first-order valence-electron chi connectivity index (χ1n) is 19.6. The van der Waals surface area contributed by atoms with E-state index in [0.717, 1.165) is 13.8 Å². The first-order chi connectivity index (χ1) is 29.3. The summed E-state index contributed by atoms with van der Waals surface area (Å²) in [4.78, 5) is 24.4. The summed E-state index contributed by atoms with van der Waals surface area (Å²) in [7, 11) is 0. The second-order valence-corrected chi connectivity index (χ2v) is 15.4. The zero-order chi connectivity index (χ0) is 45.9. The van der Waals surface area contributed by atoms with E-state index in [1.165, 1.54) is 0 Å². The largest absolute Gasteiger partial charge is 0.394 e. The van der Waals surface area contributed by atoms with Crippen LogP contribution in [0.3, 0.4) is 0 Å². The number of hydrogen-bond donors (Lipinski definition) is 17. The van der Waals surface area contributed by atoms with Crippen molar-refractivity contribution in [3.63, 3.8) is 0 Å². The highest BCUT2D eigenvalue weighted by atomic mass is 16.8. The van der Waals surface area contributed by atoms with Crippen molar-refractivity contribution < 1.29 is 129 Å². The Morgan fingerprint density at radius 2 is 0.726 bits per heavy atom. The van der Waals surface area contributed by atoms with Gasteiger partial charge >= 0.3 is 0 Å². The summed E-state index contributed by atoms with van der Waals surface area (Å²) >= 11 is 0. The SMILES string of the molecule is CC(=O)N[C@H]1[C@H](O[C@H]2[C@@H](O)[C@@H](CO)O[C@@H](O[C@H]3[C@H](O)[C@@H](O)[C@H](O)O[C@@H]3CO)[C@@H]2O)O[C@H](CO)[C@@H](O[C@@H]2O[C@H](CO)[C@H](O)[C@@H](O[C@H]3O[C@H](CO)[C@H](O)[C@H](O)[C@H]3NC(C)=O)[C@H]2O)[C@@H]1O. The van der Waals surface area contributed by atoms with Gasteiger partial charge in [0, 0.05) is 13.8 Å². The molecule has 2 amide bonds. The van der Waals surface area contributed by atoms with Gasteiger partial charge in [0.2, 0.25) is 11.8 Å². The molecule has 5 heterocycles. The molecule has 28 heteroatoms. The number of aliphatic hydroxyl groups is 15. The topological polar surface area (TPSA) is 445 Å². The Morgan fingerprint density at radius 1 is 0.387 bits per heavy atom. The van der Waals surface area contributed by atoms with Crippen LogP contribution in [0.15, 0.2) is 0 Å². The summed E-state index contributed by atoms with van der Waals surface area (Å²) < 4.78 is 50.7. The predicted molar refractivity (Wildman–Crippen MR) is 190 cm³/mol. The molecule has 0 aromatic rings. The Labute approximate surface area is 351 Å². The predicted octanol–water partition coefficient (Wildman–Crippen LogP) is -11.6. The van der Waals surface area contributed by atoms with Gasteiger partial charge in [0.05, 0.1) is 33.0 Å². The van der Waals surface area contributed by atoms with Crippen molar-refractivity contribution in [3.8, 4) is 0 Å². The molecule has 28 nitrogen and oxygen atoms in total. The fourth-order valence-electron chi connectivity index (χ4n) is 7.83. The van der Waals surface area contributed by atoms with Crippen LogP contribution in [-0.2, 0) is 52.2 Å². The summed E-state index contributed by atoms with van der Waals surface area (Å²) in [5, 5.41) is 163. The van der Waals surface area contributed by atoms with Gasteiger partial charge in [-0.05, 0) is 0 Å². The van der Waals surface area contributed by atoms with Gasteiger partial charge in [0.15, 0.2) is 31.5 Å². The third kappa shape index (κ3) is 10.8. The molecular weight excluding hydrogens is 852 g/mol. The zero-order valence-corrected chi connectivity index (χ0v) is 33.2. The molecule has 0 aliphatic carbocycles. The number of ether oxygens (including phenoxy) is 9. The van der Waals surface area contributed by atoms with E-state index >= 15 is 0 Å². The Hall–Kier alpha value is -2.02. The summed E-state index contributed by atoms with van der Waals surface area (Å²) in [6.07, 6.45) is -42.2. The minimum atomic E-state index is -2.10. The molecule has 5 aliphatic heterocycles. The molecule has 0 saturated carbocycles. The molecule has 5 saturated heterocycles. The number of rotatable bonds is 15. The van der Waals surface area contributed by atoms with E-state index in [1.54, 1.807) is 0 Å². The lowest BCUT2D eigenvalue weighted by molar-refractivity contribution is -0.384. The number of nitrogens with one attached hydrogen (secondary N) is 2. The van der Waals surface area contributed by atoms with Gasteiger partial charge in [-0.3, -0.25) is 9.59 Å². The monoisotopic (exact) mass is 910 g/mol. The number of hydrogen-bond acceptors (Lipinski definition) is 26. The van der Waals surface area contributed by atoms with Gasteiger partial charge in [-0.25, -0.2) is 0 Å². The highest BCUT2D eigenvalue weighted by molar-refractivity contribution is 5.73. The van der Waals surface area contributed by atoms with Crippen LogP contribution in [0, 0.1) is 0 Å². The highest BCUT2D eigenvalue weighted by Gasteiger charge is 2.57. The summed E-state index contributed by atoms with van der Waals surface area (Å²) in [6.45, 7) is -2.53. The maximum absolute atomic E-state index is 12.5. The third-order valence-electron chi connectivity index (χ3n) is 11.1. The maximum Gasteiger partial charge on any atom is 0.217 e. The van der Waals surface area contributed by atoms with E-state index in [4.69, 9.17) is 42.6 Å². The molecule has 5 rings (SSSR count). The third-order valence-corrected chi connectivity index (χ3v) is 11.1. The number of aliphatic hydroxyl groups excluding tert-OH is 15. The molecule has 25 atom stereocenters. The van der Waals surface area contributed by atoms with Crippen LogP contribution in [0.2, 0.25) is 0 Å². The Kier molecular flexibility index (Phi) is 18.1. The number of amides is 2. The van der Waals surface area contributed by atoms with Crippen molar-refractivity contribution >= 4 is 11.8 Å². The average Bonchev–Trinajstić information content (AvgIpc) is 3.23. The molecule has 0 aromatic carbocycles. The van der Waals surface area contributed by atoms with Crippen molar-refractivity contribution in [3.05, 3.63) is 0 Å². The van der Waals surface area contributed by atoms with Crippen LogP contribution in [0.25, 0.3) is 0 Å². The molecule has 0 unspecified atom stereocenters. The summed E-state index contributed by atoms with van der Waals surface area (Å²) in [5.74, 6) is -1.55. The van der Waals surface area contributed by atoms with E-state index in [0.29, 0.717) is 0 Å². The van der Waals surface area contributed by atoms with Crippen molar-refractivity contribution in [1.29, 1.82) is 0 Å². The van der Waals surface area contributed by atoms with E-state index in [-0.39, 0.29) is 0 Å². The van der Waals surface area contributed by atoms with Crippen LogP contribution < -0.4 is 10.6 Å². The average molecular weight is 911 g/mol. The van der Waals surface area contributed by atoms with Crippen LogP contribution in [0.5, 0.6) is 0 Å². The van der Waals surface area contributed by atoms with E-state index < -0.39 is 198 Å². The van der Waals surface area contributed by atoms with Gasteiger partial charge < -0.3 is 130 Å². The van der Waals surface area contributed by atoms with E-state index in [1.807, 2.05) is 0 Å². The van der Waals surface area contributed by atoms with Gasteiger partial charge in [0.25, 0.3) is 0 Å². The standard InChI is InChI=1S/C34H58N2O26/c1-8(42)35-15-20(47)17(44)10(3-37)55-31(15)61-28-18(45)11(4-38)56-33(24(28)51)59-26-14(7-41)58-32(16(21(26)48)36-9(2)43)62-29-19(46)12(5-39)57-34(25(29)52)60-27-13(6-40)54-30(53)23(50)22(27)49/h10-34,37-41,44-53H,3-7H2,1-2H3,(H,35,42)(H,36,43)/t10-,11-,12-,13-,14-,15-,16-,17+,18+,19+,20-,21-,22-,23-,24-,25-,26-,27-,28-,29+,30-,31-,32+,33+,34+/m1/s1. The lowest BCUT2D eigenvalue weighted by atomic mass is 9.94. The fourth-order valence-corrected chi connectivity index (χ4v) is 7.83. The quantitative estimate of drug-likeness (QED) is 0.0725. The lowest BCUT2D eigenvalue weighted by Gasteiger charge is -2.50. The second kappa shape index (κ2) is 22.0. The normalized spacial score (nSPS) is 49.0. The van der Waals surface area contributed by atoms with Gasteiger partial charge in [-0.15, -0.1) is 0 Å². The van der Waals surface area contributed by atoms with Crippen LogP contribution in [0.4, 0.5) is 0 Å². The smallest absolute Gasteiger partial charge is 0.217 e. The van der Waals surface area contributed by atoms with Crippen molar-refractivity contribution in [2.75, 3.05) is 33.0 Å². The Bertz CT molecular complexity index is 1440. The lowest BCUT2D eigenvalue weighted by Crippen LogP contribution is -2.70. The van der Waals surface area contributed by atoms with Gasteiger partial charge in [-0.1, -0.05) is 0 Å². The first-order valence-corrected chi connectivity index (χ1v) is 19.6. The maximum atomic E-state index is 12.5. The minimum Gasteiger partial charge on any atom is -0.394 e. The molecule has 0 bridgehead atoms. The van der Waals surface area contributed by atoms with Gasteiger partial charge in [0.1, 0.15) is 122 Å². The summed E-state index contributed by atoms with van der Waals surface area (Å²) in [6, 6.07) is -3.28. The molecule has 0 spiro atoms. The van der Waals surface area contributed by atoms with E-state index in [9.17, 15) is 86.2 Å². The number of carbonyl (C=O) groups excluding carboxylic acids is 2. The van der Waals surface area contributed by atoms with Crippen LogP contribution >= 0.6 is 0 Å². The minimum absolute atomic E-state index is 0.726. The molecule has 17 N–H and O–H groups in total. The molecule has 0 aromatic heterocycles. The van der Waals surface area contributed by atoms with Crippen LogP contribution in [0.1, 0.15) is 13.8 Å². The van der Waals surface area contributed by atoms with Crippen LogP contribution in [-0.4, -0.2) is 275 Å². The van der Waals surface area contributed by atoms with Gasteiger partial charge in [-0.2, -0.15) is 0 Å². The Morgan fingerprint density at radius 3 is 1.15 bits per heavy atom. The van der Waals surface area contributed by atoms with Crippen molar-refractivity contribution in [2.45, 2.75) is 167 Å². The van der Waals surface area contributed by atoms with Crippen molar-refractivity contribution in [1.82, 2.24) is 10.6 Å². The molecule has 5 aliphatic rings. The molecule has 360 valence electrons. The number of carbonyl (C=O) groups is 2. The van der Waals surface area contributed by atoms with Crippen molar-refractivity contribution in [2.24, 2.45) is 0 Å². The second-order valence-electron chi connectivity index (χ2n) is 15.4. The zero-order valence-electron chi connectivity index (χ0n) is 33.2. The molecular formula is C34H58N2O26. The molecule has 0 radical (unpaired) electrons. The Balaban J connectivity index is 1.37. The molecule has 62 heavy (non-hydrogen) atoms. The summed E-state index contributed by atoms with van der Waals surface area (Å²) in [5.41, 5.74) is 0. The fraction of sp³-hybridized carbons (Fsp3) is 0.941.